The third-order valence-electron chi connectivity index (χ3n) is 4.21. The summed E-state index contributed by atoms with van der Waals surface area (Å²) in [5, 5.41) is 2.97. The van der Waals surface area contributed by atoms with Gasteiger partial charge in [0.25, 0.3) is 0 Å². The van der Waals surface area contributed by atoms with Crippen LogP contribution in [0.25, 0.3) is 10.8 Å². The van der Waals surface area contributed by atoms with Crippen molar-refractivity contribution >= 4 is 10.8 Å². The average molecular weight is 240 g/mol. The second kappa shape index (κ2) is 5.14. The van der Waals surface area contributed by atoms with Crippen LogP contribution in [0.1, 0.15) is 48.6 Å². The first-order chi connectivity index (χ1) is 8.65. The molecule has 0 amide bonds. The van der Waals surface area contributed by atoms with Crippen LogP contribution in [0.2, 0.25) is 0 Å². The molecule has 0 aliphatic carbocycles. The highest BCUT2D eigenvalue weighted by molar-refractivity contribution is 5.93. The van der Waals surface area contributed by atoms with E-state index in [0.29, 0.717) is 0 Å². The molecule has 0 aliphatic heterocycles. The quantitative estimate of drug-likeness (QED) is 0.696. The molecule has 0 aromatic heterocycles. The van der Waals surface area contributed by atoms with Gasteiger partial charge in [-0.25, -0.2) is 0 Å². The molecule has 0 saturated heterocycles. The molecule has 0 unspecified atom stereocenters. The number of aryl methyl sites for hydroxylation is 3. The molecule has 18 heavy (non-hydrogen) atoms. The summed E-state index contributed by atoms with van der Waals surface area (Å²) in [7, 11) is 0. The van der Waals surface area contributed by atoms with Crippen molar-refractivity contribution in [2.45, 2.75) is 53.9 Å². The molecule has 0 fully saturated rings. The van der Waals surface area contributed by atoms with E-state index in [9.17, 15) is 0 Å². The van der Waals surface area contributed by atoms with E-state index in [0.717, 1.165) is 19.3 Å². The Morgan fingerprint density at radius 2 is 1.39 bits per heavy atom. The zero-order valence-electron chi connectivity index (χ0n) is 12.4. The Kier molecular flexibility index (Phi) is 3.75. The van der Waals surface area contributed by atoms with E-state index in [1.165, 1.54) is 21.9 Å². The van der Waals surface area contributed by atoms with Crippen molar-refractivity contribution in [3.63, 3.8) is 0 Å². The predicted molar refractivity (Wildman–Crippen MR) is 81.6 cm³/mol. The third kappa shape index (κ3) is 1.84. The molecule has 2 aromatic rings. The van der Waals surface area contributed by atoms with Crippen LogP contribution in [0.5, 0.6) is 0 Å². The van der Waals surface area contributed by atoms with Gasteiger partial charge in [0.2, 0.25) is 0 Å². The molecule has 0 spiro atoms. The fraction of sp³-hybridized carbons (Fsp3) is 0.444. The Balaban J connectivity index is 3.00. The molecule has 96 valence electrons. The summed E-state index contributed by atoms with van der Waals surface area (Å²) in [6, 6.07) is 6.73. The van der Waals surface area contributed by atoms with Crippen LogP contribution in [-0.4, -0.2) is 0 Å². The molecule has 0 saturated carbocycles. The number of hydrogen-bond donors (Lipinski definition) is 0. The fourth-order valence-electron chi connectivity index (χ4n) is 3.45. The minimum atomic E-state index is 1.14. The maximum Gasteiger partial charge on any atom is -0.0120 e. The minimum absolute atomic E-state index is 1.14. The van der Waals surface area contributed by atoms with Gasteiger partial charge in [-0.05, 0) is 71.7 Å². The van der Waals surface area contributed by atoms with Crippen LogP contribution < -0.4 is 0 Å². The normalized spacial score (nSPS) is 11.2. The largest absolute Gasteiger partial charge is 0.0614 e. The van der Waals surface area contributed by atoms with E-state index in [1.54, 1.807) is 16.7 Å². The van der Waals surface area contributed by atoms with Crippen molar-refractivity contribution in [3.8, 4) is 0 Å². The molecule has 0 heterocycles. The number of rotatable bonds is 3. The number of hydrogen-bond acceptors (Lipinski definition) is 0. The lowest BCUT2D eigenvalue weighted by Crippen LogP contribution is -2.03. The van der Waals surface area contributed by atoms with E-state index in [1.807, 2.05) is 0 Å². The first-order valence-electron chi connectivity index (χ1n) is 7.18. The highest BCUT2D eigenvalue weighted by atomic mass is 14.2. The van der Waals surface area contributed by atoms with Crippen molar-refractivity contribution in [3.05, 3.63) is 46.0 Å². The van der Waals surface area contributed by atoms with E-state index in [4.69, 9.17) is 0 Å². The van der Waals surface area contributed by atoms with Gasteiger partial charge in [-0.2, -0.15) is 0 Å². The Morgan fingerprint density at radius 3 is 1.94 bits per heavy atom. The maximum absolute atomic E-state index is 2.30. The van der Waals surface area contributed by atoms with Crippen LogP contribution in [0.15, 0.2) is 18.2 Å². The van der Waals surface area contributed by atoms with Crippen molar-refractivity contribution < 1.29 is 0 Å². The van der Waals surface area contributed by atoms with Crippen LogP contribution in [0.4, 0.5) is 0 Å². The van der Waals surface area contributed by atoms with Crippen LogP contribution in [0.3, 0.4) is 0 Å². The molecule has 0 atom stereocenters. The Bertz CT molecular complexity index is 576. The average Bonchev–Trinajstić information content (AvgIpc) is 2.38. The van der Waals surface area contributed by atoms with Gasteiger partial charge in [-0.1, -0.05) is 39.0 Å². The van der Waals surface area contributed by atoms with Gasteiger partial charge in [0.05, 0.1) is 0 Å². The smallest absolute Gasteiger partial charge is 0.0120 e. The molecule has 2 rings (SSSR count). The SMILES string of the molecule is CCc1c(CC)c(C)c2c(C)cccc2c1CC. The van der Waals surface area contributed by atoms with Gasteiger partial charge in [0.15, 0.2) is 0 Å². The molecule has 0 heteroatoms. The first-order valence-corrected chi connectivity index (χ1v) is 7.18. The van der Waals surface area contributed by atoms with E-state index >= 15 is 0 Å². The van der Waals surface area contributed by atoms with Gasteiger partial charge in [0, 0.05) is 0 Å². The summed E-state index contributed by atoms with van der Waals surface area (Å²) in [5.74, 6) is 0. The lowest BCUT2D eigenvalue weighted by molar-refractivity contribution is 0.981. The van der Waals surface area contributed by atoms with Crippen molar-refractivity contribution in [1.82, 2.24) is 0 Å². The summed E-state index contributed by atoms with van der Waals surface area (Å²) in [6.07, 6.45) is 3.43. The van der Waals surface area contributed by atoms with Gasteiger partial charge in [-0.15, -0.1) is 0 Å². The summed E-state index contributed by atoms with van der Waals surface area (Å²) < 4.78 is 0. The van der Waals surface area contributed by atoms with Crippen LogP contribution in [-0.2, 0) is 19.3 Å². The van der Waals surface area contributed by atoms with E-state index < -0.39 is 0 Å². The van der Waals surface area contributed by atoms with Crippen molar-refractivity contribution in [2.75, 3.05) is 0 Å². The summed E-state index contributed by atoms with van der Waals surface area (Å²) >= 11 is 0. The molecular formula is C18H24. The summed E-state index contributed by atoms with van der Waals surface area (Å²) in [5.41, 5.74) is 7.65. The standard InChI is InChI=1S/C18H24/c1-6-14-13(5)18-12(4)10-9-11-17(18)16(8-3)15(14)7-2/h9-11H,6-8H2,1-5H3. The van der Waals surface area contributed by atoms with E-state index in [-0.39, 0.29) is 0 Å². The molecule has 0 radical (unpaired) electrons. The lowest BCUT2D eigenvalue weighted by Gasteiger charge is -2.20. The molecular weight excluding hydrogens is 216 g/mol. The Morgan fingerprint density at radius 1 is 0.778 bits per heavy atom. The first kappa shape index (κ1) is 13.1. The summed E-state index contributed by atoms with van der Waals surface area (Å²) in [4.78, 5) is 0. The molecule has 0 aliphatic rings. The number of benzene rings is 2. The fourth-order valence-corrected chi connectivity index (χ4v) is 3.45. The van der Waals surface area contributed by atoms with Gasteiger partial charge < -0.3 is 0 Å². The maximum atomic E-state index is 2.30. The van der Waals surface area contributed by atoms with Gasteiger partial charge in [0.1, 0.15) is 0 Å². The Hall–Kier alpha value is -1.30. The van der Waals surface area contributed by atoms with Gasteiger partial charge in [-0.3, -0.25) is 0 Å². The highest BCUT2D eigenvalue weighted by Gasteiger charge is 2.14. The lowest BCUT2D eigenvalue weighted by atomic mass is 9.85. The summed E-state index contributed by atoms with van der Waals surface area (Å²) in [6.45, 7) is 11.4. The van der Waals surface area contributed by atoms with Gasteiger partial charge >= 0.3 is 0 Å². The third-order valence-corrected chi connectivity index (χ3v) is 4.21. The Labute approximate surface area is 111 Å². The second-order valence-corrected chi connectivity index (χ2v) is 5.12. The van der Waals surface area contributed by atoms with Crippen molar-refractivity contribution in [2.24, 2.45) is 0 Å². The highest BCUT2D eigenvalue weighted by Crippen LogP contribution is 2.33. The predicted octanol–water partition coefficient (Wildman–Crippen LogP) is 5.14. The topological polar surface area (TPSA) is 0 Å². The zero-order chi connectivity index (χ0) is 13.3. The van der Waals surface area contributed by atoms with Crippen LogP contribution >= 0.6 is 0 Å². The number of fused-ring (bicyclic) bond motifs is 1. The molecule has 2 aromatic carbocycles. The monoisotopic (exact) mass is 240 g/mol. The van der Waals surface area contributed by atoms with Crippen LogP contribution in [0, 0.1) is 13.8 Å². The van der Waals surface area contributed by atoms with Crippen molar-refractivity contribution in [1.29, 1.82) is 0 Å². The second-order valence-electron chi connectivity index (χ2n) is 5.12. The molecule has 0 nitrogen and oxygen atoms in total. The minimum Gasteiger partial charge on any atom is -0.0614 e. The molecule has 0 N–H and O–H groups in total. The molecule has 0 bridgehead atoms. The van der Waals surface area contributed by atoms with E-state index in [2.05, 4.69) is 52.8 Å². The zero-order valence-corrected chi connectivity index (χ0v) is 12.4.